The maximum absolute atomic E-state index is 11.2. The van der Waals surface area contributed by atoms with Crippen LogP contribution in [0.25, 0.3) is 0 Å². The third-order valence-electron chi connectivity index (χ3n) is 16.9. The van der Waals surface area contributed by atoms with E-state index in [9.17, 15) is 46.1 Å². The van der Waals surface area contributed by atoms with Crippen molar-refractivity contribution >= 4 is 0 Å². The van der Waals surface area contributed by atoms with Crippen molar-refractivity contribution in [3.8, 4) is 0 Å². The molecule has 4 aliphatic carbocycles. The van der Waals surface area contributed by atoms with Gasteiger partial charge in [-0.15, -0.1) is 0 Å². The maximum Gasteiger partial charge on any atom is 0.271 e. The van der Waals surface area contributed by atoms with Gasteiger partial charge in [0.2, 0.25) is 0 Å². The zero-order valence-corrected chi connectivity index (χ0v) is 36.5. The molecule has 17 heteroatoms. The summed E-state index contributed by atoms with van der Waals surface area (Å²) in [6, 6.07) is 0. The Morgan fingerprint density at radius 1 is 0.783 bits per heavy atom. The summed E-state index contributed by atoms with van der Waals surface area (Å²) >= 11 is 0. The Morgan fingerprint density at radius 3 is 2.08 bits per heavy atom. The summed E-state index contributed by atoms with van der Waals surface area (Å²) in [6.45, 7) is 14.4. The molecule has 0 bridgehead atoms. The van der Waals surface area contributed by atoms with Crippen molar-refractivity contribution in [3.63, 3.8) is 0 Å². The van der Waals surface area contributed by atoms with Crippen LogP contribution in [0.5, 0.6) is 0 Å². The molecule has 6 rings (SSSR count). The Balaban J connectivity index is 1.12. The van der Waals surface area contributed by atoms with Gasteiger partial charge in [0.05, 0.1) is 24.4 Å². The Kier molecular flexibility index (Phi) is 14.7. The van der Waals surface area contributed by atoms with Crippen LogP contribution in [0, 0.1) is 45.3 Å². The molecule has 20 atom stereocenters. The number of rotatable bonds is 15. The highest BCUT2D eigenvalue weighted by molar-refractivity contribution is 5.30. The van der Waals surface area contributed by atoms with Gasteiger partial charge in [0.15, 0.2) is 18.7 Å². The third kappa shape index (κ3) is 8.52. The number of hydrogen-bond acceptors (Lipinski definition) is 17. The Labute approximate surface area is 353 Å². The molecule has 14 unspecified atom stereocenters. The first-order valence-electron chi connectivity index (χ1n) is 22.0. The fourth-order valence-electron chi connectivity index (χ4n) is 13.0. The molecule has 0 radical (unpaired) electrons. The summed E-state index contributed by atoms with van der Waals surface area (Å²) in [5, 5.41) is 102. The SMILES string of the molecule is C[C@H](CCC(OC1OC(COO)C(O)C(O)C1OO)C(C)(C)O)[C@H]1CC[C@@]2(C)C3CC=C4C(CC[C@H](OC(O)OC5OC(CO)C(O)C(O)C5O)C4(C)C)[C@]3(C)CC[C@]12C. The Morgan fingerprint density at radius 2 is 1.45 bits per heavy atom. The van der Waals surface area contributed by atoms with E-state index < -0.39 is 104 Å². The van der Waals surface area contributed by atoms with Crippen LogP contribution in [-0.2, 0) is 33.5 Å². The van der Waals surface area contributed by atoms with E-state index in [1.807, 2.05) is 0 Å². The predicted molar refractivity (Wildman–Crippen MR) is 211 cm³/mol. The van der Waals surface area contributed by atoms with E-state index in [4.69, 9.17) is 28.9 Å². The van der Waals surface area contributed by atoms with Crippen LogP contribution in [0.1, 0.15) is 113 Å². The van der Waals surface area contributed by atoms with Crippen LogP contribution in [0.2, 0.25) is 0 Å². The fraction of sp³-hybridized carbons (Fsp3) is 0.953. The van der Waals surface area contributed by atoms with E-state index in [1.54, 1.807) is 13.8 Å². The summed E-state index contributed by atoms with van der Waals surface area (Å²) in [4.78, 5) is 8.63. The standard InChI is InChI=1S/C43H74O17/c1-21(9-13-29(40(4,5)51)57-37-35(60-53)33(48)31(46)26(56-37)20-54-52)22-15-16-43(8)27-12-10-23-24(41(27,6)17-18-42(22,43)7)11-14-28(39(23,2)3)58-38(50)59-36-34(49)32(47)30(45)25(19-44)55-36/h10,21-22,24-38,44-53H,9,11-20H2,1-8H3/t21-,22-,24?,25?,26?,27?,28+,29?,30?,31?,32?,33?,34?,35?,36?,37?,38?,41+,42-,43+/m1/s1. The van der Waals surface area contributed by atoms with Gasteiger partial charge in [0.1, 0.15) is 49.3 Å². The molecule has 2 saturated heterocycles. The number of allylic oxidation sites excluding steroid dienone is 1. The second kappa shape index (κ2) is 18.1. The van der Waals surface area contributed by atoms with Gasteiger partial charge in [0.25, 0.3) is 6.48 Å². The molecule has 6 aliphatic rings. The highest BCUT2D eigenvalue weighted by Gasteiger charge is 2.67. The molecule has 0 aromatic carbocycles. The van der Waals surface area contributed by atoms with Crippen molar-refractivity contribution in [1.29, 1.82) is 0 Å². The summed E-state index contributed by atoms with van der Waals surface area (Å²) < 4.78 is 29.0. The number of aliphatic hydroxyl groups excluding tert-OH is 7. The van der Waals surface area contributed by atoms with E-state index in [0.717, 1.165) is 44.9 Å². The minimum Gasteiger partial charge on any atom is -0.394 e. The molecule has 3 saturated carbocycles. The third-order valence-corrected chi connectivity index (χ3v) is 16.9. The summed E-state index contributed by atoms with van der Waals surface area (Å²) in [6.07, 6.45) is -5.56. The zero-order chi connectivity index (χ0) is 44.3. The second-order valence-corrected chi connectivity index (χ2v) is 20.8. The molecule has 0 aromatic rings. The van der Waals surface area contributed by atoms with Crippen LogP contribution >= 0.6 is 0 Å². The average Bonchev–Trinajstić information content (AvgIpc) is 3.46. The minimum atomic E-state index is -1.79. The second-order valence-electron chi connectivity index (χ2n) is 20.8. The van der Waals surface area contributed by atoms with Gasteiger partial charge in [-0.1, -0.05) is 53.2 Å². The molecule has 0 spiro atoms. The van der Waals surface area contributed by atoms with E-state index in [-0.39, 0.29) is 22.2 Å². The molecule has 2 heterocycles. The van der Waals surface area contributed by atoms with Gasteiger partial charge in [-0.3, -0.25) is 15.3 Å². The van der Waals surface area contributed by atoms with Crippen LogP contribution in [-0.4, -0.2) is 150 Å². The minimum absolute atomic E-state index is 0.0341. The fourth-order valence-corrected chi connectivity index (χ4v) is 13.0. The number of fused-ring (bicyclic) bond motifs is 5. The van der Waals surface area contributed by atoms with Crippen LogP contribution in [0.4, 0.5) is 0 Å². The molecule has 60 heavy (non-hydrogen) atoms. The van der Waals surface area contributed by atoms with Gasteiger partial charge in [-0.05, 0) is 112 Å². The van der Waals surface area contributed by atoms with Crippen molar-refractivity contribution in [2.75, 3.05) is 13.2 Å². The highest BCUT2D eigenvalue weighted by Crippen LogP contribution is 2.75. The van der Waals surface area contributed by atoms with Gasteiger partial charge in [0, 0.05) is 5.41 Å². The molecular formula is C43H74O17. The molecular weight excluding hydrogens is 788 g/mol. The first-order chi connectivity index (χ1) is 28.0. The molecule has 348 valence electrons. The lowest BCUT2D eigenvalue weighted by molar-refractivity contribution is -0.403. The van der Waals surface area contributed by atoms with Gasteiger partial charge >= 0.3 is 0 Å². The number of hydrogen-bond donors (Lipinski definition) is 10. The predicted octanol–water partition coefficient (Wildman–Crippen LogP) is 2.44. The van der Waals surface area contributed by atoms with Crippen molar-refractivity contribution in [1.82, 2.24) is 0 Å². The monoisotopic (exact) mass is 862 g/mol. The van der Waals surface area contributed by atoms with E-state index in [0.29, 0.717) is 30.6 Å². The lowest BCUT2D eigenvalue weighted by Gasteiger charge is -2.66. The van der Waals surface area contributed by atoms with Crippen molar-refractivity contribution in [2.45, 2.75) is 199 Å². The number of aliphatic hydroxyl groups is 8. The largest absolute Gasteiger partial charge is 0.394 e. The molecule has 5 fully saturated rings. The Hall–Kier alpha value is -0.940. The van der Waals surface area contributed by atoms with Crippen molar-refractivity contribution < 1.29 is 84.8 Å². The highest BCUT2D eigenvalue weighted by atomic mass is 17.1. The van der Waals surface area contributed by atoms with Gasteiger partial charge in [-0.25, -0.2) is 9.78 Å². The normalized spacial score (nSPS) is 47.1. The quantitative estimate of drug-likeness (QED) is 0.0490. The van der Waals surface area contributed by atoms with Crippen molar-refractivity contribution in [2.24, 2.45) is 45.3 Å². The average molecular weight is 863 g/mol. The molecule has 2 aliphatic heterocycles. The summed E-state index contributed by atoms with van der Waals surface area (Å²) in [5.41, 5.74) is -0.337. The van der Waals surface area contributed by atoms with E-state index >= 15 is 0 Å². The molecule has 0 aromatic heterocycles. The van der Waals surface area contributed by atoms with Gasteiger partial charge < -0.3 is 59.8 Å². The summed E-state index contributed by atoms with van der Waals surface area (Å²) in [7, 11) is 0. The lowest BCUT2D eigenvalue weighted by Crippen LogP contribution is -2.61. The lowest BCUT2D eigenvalue weighted by atomic mass is 9.39. The van der Waals surface area contributed by atoms with Crippen LogP contribution < -0.4 is 0 Å². The van der Waals surface area contributed by atoms with Crippen LogP contribution in [0.15, 0.2) is 11.6 Å². The maximum atomic E-state index is 11.2. The Bertz CT molecular complexity index is 1470. The number of ether oxygens (including phenoxy) is 5. The molecule has 17 nitrogen and oxygen atoms in total. The van der Waals surface area contributed by atoms with E-state index in [1.165, 1.54) is 5.57 Å². The first-order valence-corrected chi connectivity index (χ1v) is 22.0. The van der Waals surface area contributed by atoms with Gasteiger partial charge in [-0.2, -0.15) is 0 Å². The van der Waals surface area contributed by atoms with Crippen LogP contribution in [0.3, 0.4) is 0 Å². The smallest absolute Gasteiger partial charge is 0.271 e. The molecule has 0 amide bonds. The molecule has 10 N–H and O–H groups in total. The zero-order valence-electron chi connectivity index (χ0n) is 36.5. The van der Waals surface area contributed by atoms with Crippen molar-refractivity contribution in [3.05, 3.63) is 11.6 Å². The summed E-state index contributed by atoms with van der Waals surface area (Å²) in [5.74, 6) is 1.43. The first kappa shape index (κ1) is 48.5. The topological polar surface area (TPSA) is 267 Å². The van der Waals surface area contributed by atoms with E-state index in [2.05, 4.69) is 57.4 Å².